The number of nitrogens with one attached hydrogen (secondary N) is 2. The number of amides is 1. The predicted octanol–water partition coefficient (Wildman–Crippen LogP) is 0.878. The van der Waals surface area contributed by atoms with Crippen LogP contribution in [0.3, 0.4) is 0 Å². The maximum absolute atomic E-state index is 12.0. The summed E-state index contributed by atoms with van der Waals surface area (Å²) in [6.07, 6.45) is 2.20. The van der Waals surface area contributed by atoms with Crippen molar-refractivity contribution in [1.29, 1.82) is 0 Å². The number of halogens is 1. The smallest absolute Gasteiger partial charge is 0.251 e. The Morgan fingerprint density at radius 1 is 1.45 bits per heavy atom. The van der Waals surface area contributed by atoms with Crippen molar-refractivity contribution >= 4 is 23.3 Å². The molecule has 0 atom stereocenters. The van der Waals surface area contributed by atoms with E-state index in [0.717, 1.165) is 0 Å². The highest BCUT2D eigenvalue weighted by Crippen LogP contribution is 2.13. The monoisotopic (exact) mass is 294 g/mol. The molecule has 0 saturated heterocycles. The second-order valence-corrected chi connectivity index (χ2v) is 4.54. The number of aryl methyl sites for hydroxylation is 1. The number of nitrogens with zero attached hydrogens (tertiary/aromatic N) is 4. The molecule has 2 aromatic heterocycles. The molecule has 8 heteroatoms. The number of carbonyl (C=O) groups is 1. The van der Waals surface area contributed by atoms with E-state index in [1.807, 2.05) is 0 Å². The Morgan fingerprint density at radius 2 is 2.25 bits per heavy atom. The number of anilines is 1. The molecular formula is C12H15ClN6O. The molecule has 106 valence electrons. The van der Waals surface area contributed by atoms with Crippen LogP contribution in [0.25, 0.3) is 0 Å². The van der Waals surface area contributed by atoms with Gasteiger partial charge in [0.25, 0.3) is 5.91 Å². The fourth-order valence-corrected chi connectivity index (χ4v) is 1.85. The summed E-state index contributed by atoms with van der Waals surface area (Å²) in [6, 6.07) is 3.16. The molecule has 7 nitrogen and oxygen atoms in total. The van der Waals surface area contributed by atoms with E-state index in [4.69, 9.17) is 11.6 Å². The molecule has 0 radical (unpaired) electrons. The lowest BCUT2D eigenvalue weighted by Gasteiger charge is -2.06. The highest BCUT2D eigenvalue weighted by atomic mass is 35.5. The van der Waals surface area contributed by atoms with Gasteiger partial charge in [-0.1, -0.05) is 11.6 Å². The minimum Gasteiger partial charge on any atom is -0.373 e. The van der Waals surface area contributed by atoms with Crippen molar-refractivity contribution in [1.82, 2.24) is 25.1 Å². The van der Waals surface area contributed by atoms with Gasteiger partial charge < -0.3 is 10.6 Å². The van der Waals surface area contributed by atoms with Crippen LogP contribution in [0.4, 0.5) is 5.82 Å². The second kappa shape index (κ2) is 6.33. The van der Waals surface area contributed by atoms with Gasteiger partial charge >= 0.3 is 0 Å². The summed E-state index contributed by atoms with van der Waals surface area (Å²) in [5.41, 5.74) is 0.461. The Labute approximate surface area is 121 Å². The third-order valence-electron chi connectivity index (χ3n) is 2.59. The molecule has 0 aromatic carbocycles. The van der Waals surface area contributed by atoms with E-state index in [0.29, 0.717) is 30.2 Å². The van der Waals surface area contributed by atoms with Gasteiger partial charge in [0, 0.05) is 32.6 Å². The lowest BCUT2D eigenvalue weighted by atomic mass is 10.2. The van der Waals surface area contributed by atoms with Crippen molar-refractivity contribution in [2.45, 2.75) is 6.42 Å². The number of hydrogen-bond donors (Lipinski definition) is 2. The van der Waals surface area contributed by atoms with Crippen molar-refractivity contribution in [2.75, 3.05) is 18.9 Å². The van der Waals surface area contributed by atoms with E-state index in [9.17, 15) is 4.79 Å². The van der Waals surface area contributed by atoms with Crippen LogP contribution in [0, 0.1) is 0 Å². The Morgan fingerprint density at radius 3 is 2.90 bits per heavy atom. The van der Waals surface area contributed by atoms with Crippen LogP contribution in [-0.2, 0) is 13.5 Å². The highest BCUT2D eigenvalue weighted by Gasteiger charge is 2.09. The molecule has 2 rings (SSSR count). The molecule has 2 aromatic rings. The van der Waals surface area contributed by atoms with Crippen molar-refractivity contribution in [2.24, 2.45) is 7.05 Å². The number of carbonyl (C=O) groups excluding carboxylic acids is 1. The first-order chi connectivity index (χ1) is 9.58. The maximum Gasteiger partial charge on any atom is 0.251 e. The van der Waals surface area contributed by atoms with E-state index in [1.54, 1.807) is 31.2 Å². The van der Waals surface area contributed by atoms with Gasteiger partial charge in [-0.05, 0) is 12.1 Å². The Balaban J connectivity index is 1.93. The van der Waals surface area contributed by atoms with Crippen LogP contribution >= 0.6 is 11.6 Å². The van der Waals surface area contributed by atoms with Gasteiger partial charge in [0.05, 0.1) is 0 Å². The minimum absolute atomic E-state index is 0.207. The normalized spacial score (nSPS) is 10.3. The fourth-order valence-electron chi connectivity index (χ4n) is 1.64. The van der Waals surface area contributed by atoms with Crippen molar-refractivity contribution in [3.05, 3.63) is 35.0 Å². The molecule has 0 fully saturated rings. The summed E-state index contributed by atoms with van der Waals surface area (Å²) in [6.45, 7) is 0.456. The van der Waals surface area contributed by atoms with E-state index in [2.05, 4.69) is 25.7 Å². The average molecular weight is 295 g/mol. The highest BCUT2D eigenvalue weighted by molar-refractivity contribution is 6.29. The standard InChI is InChI=1S/C12H15ClN6O/c1-14-11-6-8(5-9(13)17-11)12(20)15-4-3-10-16-7-19(2)18-10/h5-7H,3-4H2,1-2H3,(H,14,17)(H,15,20). The van der Waals surface area contributed by atoms with Crippen LogP contribution in [0.1, 0.15) is 16.2 Å². The van der Waals surface area contributed by atoms with Crippen LogP contribution in [0.5, 0.6) is 0 Å². The van der Waals surface area contributed by atoms with Gasteiger partial charge in [-0.2, -0.15) is 5.10 Å². The van der Waals surface area contributed by atoms with E-state index >= 15 is 0 Å². The van der Waals surface area contributed by atoms with Crippen LogP contribution in [0.15, 0.2) is 18.5 Å². The minimum atomic E-state index is -0.207. The zero-order chi connectivity index (χ0) is 14.5. The molecule has 0 spiro atoms. The predicted molar refractivity (Wildman–Crippen MR) is 75.8 cm³/mol. The van der Waals surface area contributed by atoms with Crippen LogP contribution in [0.2, 0.25) is 5.15 Å². The molecule has 20 heavy (non-hydrogen) atoms. The average Bonchev–Trinajstić information content (AvgIpc) is 2.83. The maximum atomic E-state index is 12.0. The first-order valence-electron chi connectivity index (χ1n) is 6.06. The van der Waals surface area contributed by atoms with Crippen LogP contribution < -0.4 is 10.6 Å². The van der Waals surface area contributed by atoms with E-state index in [1.165, 1.54) is 6.07 Å². The molecule has 2 N–H and O–H groups in total. The first kappa shape index (κ1) is 14.3. The largest absolute Gasteiger partial charge is 0.373 e. The van der Waals surface area contributed by atoms with Crippen molar-refractivity contribution < 1.29 is 4.79 Å². The lowest BCUT2D eigenvalue weighted by molar-refractivity contribution is 0.0954. The topological polar surface area (TPSA) is 84.7 Å². The third kappa shape index (κ3) is 3.67. The van der Waals surface area contributed by atoms with E-state index in [-0.39, 0.29) is 11.1 Å². The Bertz CT molecular complexity index is 612. The third-order valence-corrected chi connectivity index (χ3v) is 2.79. The fraction of sp³-hybridized carbons (Fsp3) is 0.333. The molecule has 0 unspecified atom stereocenters. The lowest BCUT2D eigenvalue weighted by Crippen LogP contribution is -2.26. The zero-order valence-electron chi connectivity index (χ0n) is 11.2. The number of pyridine rings is 1. The number of rotatable bonds is 5. The SMILES string of the molecule is CNc1cc(C(=O)NCCc2ncn(C)n2)cc(Cl)n1. The van der Waals surface area contributed by atoms with Gasteiger partial charge in [-0.25, -0.2) is 9.97 Å². The number of aromatic nitrogens is 4. The van der Waals surface area contributed by atoms with Gasteiger partial charge in [-0.15, -0.1) is 0 Å². The molecular weight excluding hydrogens is 280 g/mol. The van der Waals surface area contributed by atoms with Gasteiger partial charge in [-0.3, -0.25) is 9.48 Å². The van der Waals surface area contributed by atoms with Gasteiger partial charge in [0.15, 0.2) is 5.82 Å². The van der Waals surface area contributed by atoms with Gasteiger partial charge in [0.2, 0.25) is 0 Å². The summed E-state index contributed by atoms with van der Waals surface area (Å²) >= 11 is 5.85. The van der Waals surface area contributed by atoms with E-state index < -0.39 is 0 Å². The molecule has 0 bridgehead atoms. The summed E-state index contributed by atoms with van der Waals surface area (Å²) in [5, 5.41) is 10.0. The quantitative estimate of drug-likeness (QED) is 0.800. The molecule has 0 saturated carbocycles. The Kier molecular flexibility index (Phi) is 4.52. The summed E-state index contributed by atoms with van der Waals surface area (Å²) in [7, 11) is 3.51. The summed E-state index contributed by atoms with van der Waals surface area (Å²) < 4.78 is 1.62. The number of hydrogen-bond acceptors (Lipinski definition) is 5. The molecule has 1 amide bonds. The first-order valence-corrected chi connectivity index (χ1v) is 6.44. The van der Waals surface area contributed by atoms with Crippen LogP contribution in [-0.4, -0.2) is 39.2 Å². The Hall–Kier alpha value is -2.15. The molecule has 0 aliphatic rings. The van der Waals surface area contributed by atoms with Gasteiger partial charge in [0.1, 0.15) is 17.3 Å². The molecule has 2 heterocycles. The van der Waals surface area contributed by atoms with Crippen molar-refractivity contribution in [3.63, 3.8) is 0 Å². The molecule has 0 aliphatic carbocycles. The zero-order valence-corrected chi connectivity index (χ0v) is 12.0. The summed E-state index contributed by atoms with van der Waals surface area (Å²) in [4.78, 5) is 20.1. The summed E-state index contributed by atoms with van der Waals surface area (Å²) in [5.74, 6) is 1.03. The molecule has 0 aliphatic heterocycles. The van der Waals surface area contributed by atoms with Crippen molar-refractivity contribution in [3.8, 4) is 0 Å². The second-order valence-electron chi connectivity index (χ2n) is 4.15.